The Morgan fingerprint density at radius 1 is 1.07 bits per heavy atom. The minimum atomic E-state index is -0.469. The predicted octanol–water partition coefficient (Wildman–Crippen LogP) is 6.85. The van der Waals surface area contributed by atoms with Gasteiger partial charge in [-0.25, -0.2) is 9.83 Å². The molecule has 0 bridgehead atoms. The van der Waals surface area contributed by atoms with E-state index < -0.39 is 6.04 Å². The average molecular weight is 583 g/mol. The van der Waals surface area contributed by atoms with Crippen molar-refractivity contribution in [2.45, 2.75) is 64.6 Å². The van der Waals surface area contributed by atoms with Gasteiger partial charge in [-0.15, -0.1) is 0 Å². The van der Waals surface area contributed by atoms with Crippen LogP contribution in [-0.2, 0) is 17.9 Å². The second kappa shape index (κ2) is 14.0. The first-order valence-corrected chi connectivity index (χ1v) is 14.7. The third-order valence-electron chi connectivity index (χ3n) is 7.59. The van der Waals surface area contributed by atoms with E-state index in [1.54, 1.807) is 18.3 Å². The summed E-state index contributed by atoms with van der Waals surface area (Å²) >= 11 is 6.18. The van der Waals surface area contributed by atoms with Crippen LogP contribution in [0.15, 0.2) is 67.0 Å². The van der Waals surface area contributed by atoms with Crippen LogP contribution < -0.4 is 16.0 Å². The van der Waals surface area contributed by atoms with E-state index in [4.69, 9.17) is 28.1 Å². The average Bonchev–Trinajstić information content (AvgIpc) is 3.45. The summed E-state index contributed by atoms with van der Waals surface area (Å²) in [5, 5.41) is 10.5. The minimum absolute atomic E-state index is 0.0813. The summed E-state index contributed by atoms with van der Waals surface area (Å²) in [7, 11) is 0. The molecule has 0 aliphatic heterocycles. The van der Waals surface area contributed by atoms with Gasteiger partial charge < -0.3 is 16.0 Å². The summed E-state index contributed by atoms with van der Waals surface area (Å²) in [5.74, 6) is 2.81. The Balaban J connectivity index is 1.38. The van der Waals surface area contributed by atoms with E-state index >= 15 is 0 Å². The number of benzene rings is 2. The van der Waals surface area contributed by atoms with Crippen LogP contribution in [0.5, 0.6) is 0 Å². The highest BCUT2D eigenvalue weighted by Gasteiger charge is 2.25. The van der Waals surface area contributed by atoms with Gasteiger partial charge >= 0.3 is 0 Å². The van der Waals surface area contributed by atoms with Crippen LogP contribution in [0, 0.1) is 19.4 Å². The van der Waals surface area contributed by atoms with Gasteiger partial charge in [0, 0.05) is 36.6 Å². The van der Waals surface area contributed by atoms with Crippen molar-refractivity contribution in [3.63, 3.8) is 0 Å². The molecule has 1 amide bonds. The molecular weight excluding hydrogens is 548 g/mol. The van der Waals surface area contributed by atoms with Gasteiger partial charge in [-0.05, 0) is 42.5 Å². The van der Waals surface area contributed by atoms with E-state index in [-0.39, 0.29) is 5.91 Å². The van der Waals surface area contributed by atoms with Crippen LogP contribution in [0.25, 0.3) is 10.7 Å². The first-order valence-electron chi connectivity index (χ1n) is 14.3. The van der Waals surface area contributed by atoms with Crippen molar-refractivity contribution in [3.05, 3.63) is 100 Å². The molecule has 0 radical (unpaired) electrons. The zero-order valence-electron chi connectivity index (χ0n) is 23.7. The number of hydrogen-bond acceptors (Lipinski definition) is 6. The van der Waals surface area contributed by atoms with Gasteiger partial charge in [-0.2, -0.15) is 9.97 Å². The Bertz CT molecular complexity index is 1540. The van der Waals surface area contributed by atoms with E-state index in [9.17, 15) is 4.79 Å². The molecule has 5 rings (SSSR count). The quantitative estimate of drug-likeness (QED) is 0.167. The number of halogens is 1. The fraction of sp³-hybridized carbons (Fsp3) is 0.344. The molecule has 0 spiro atoms. The molecule has 2 aromatic carbocycles. The number of nitrogens with one attached hydrogen (secondary N) is 3. The van der Waals surface area contributed by atoms with Gasteiger partial charge in [0.2, 0.25) is 11.9 Å². The Kier molecular flexibility index (Phi) is 9.67. The maximum atomic E-state index is 13.6. The Morgan fingerprint density at radius 3 is 2.60 bits per heavy atom. The number of carbonyl (C=O) groups is 1. The zero-order chi connectivity index (χ0) is 29.3. The lowest BCUT2D eigenvalue weighted by Gasteiger charge is -2.27. The summed E-state index contributed by atoms with van der Waals surface area (Å²) < 4.78 is 1.89. The molecule has 1 fully saturated rings. The predicted molar refractivity (Wildman–Crippen MR) is 166 cm³/mol. The van der Waals surface area contributed by atoms with Crippen molar-refractivity contribution >= 4 is 35.0 Å². The van der Waals surface area contributed by atoms with Crippen molar-refractivity contribution in [1.29, 1.82) is 0 Å². The second-order valence-corrected chi connectivity index (χ2v) is 11.1. The van der Waals surface area contributed by atoms with Gasteiger partial charge in [-0.3, -0.25) is 9.36 Å². The van der Waals surface area contributed by atoms with E-state index in [1.165, 1.54) is 19.3 Å². The summed E-state index contributed by atoms with van der Waals surface area (Å²) in [4.78, 5) is 30.9. The van der Waals surface area contributed by atoms with Crippen molar-refractivity contribution in [2.75, 3.05) is 10.6 Å². The summed E-state index contributed by atoms with van der Waals surface area (Å²) in [6.45, 7) is 9.95. The number of aryl methyl sites for hydroxylation is 1. The van der Waals surface area contributed by atoms with Crippen LogP contribution in [0.4, 0.5) is 17.5 Å². The van der Waals surface area contributed by atoms with E-state index in [2.05, 4.69) is 25.8 Å². The molecule has 1 saturated carbocycles. The van der Waals surface area contributed by atoms with Crippen LogP contribution in [-0.4, -0.2) is 31.5 Å². The number of aromatic nitrogens is 4. The molecule has 3 N–H and O–H groups in total. The fourth-order valence-electron chi connectivity index (χ4n) is 5.33. The topological polar surface area (TPSA) is 101 Å². The fourth-order valence-corrected chi connectivity index (χ4v) is 5.54. The van der Waals surface area contributed by atoms with Gasteiger partial charge in [0.1, 0.15) is 23.5 Å². The van der Waals surface area contributed by atoms with Crippen molar-refractivity contribution in [3.8, 4) is 5.82 Å². The number of hydrogen-bond donors (Lipinski definition) is 3. The van der Waals surface area contributed by atoms with E-state index in [0.717, 1.165) is 36.2 Å². The molecule has 0 saturated heterocycles. The lowest BCUT2D eigenvalue weighted by molar-refractivity contribution is -0.122. The van der Waals surface area contributed by atoms with Crippen LogP contribution >= 0.6 is 11.6 Å². The van der Waals surface area contributed by atoms with E-state index in [0.29, 0.717) is 47.3 Å². The lowest BCUT2D eigenvalue weighted by Crippen LogP contribution is -2.41. The molecule has 10 heteroatoms. The molecular formula is C32H35ClN8O. The van der Waals surface area contributed by atoms with Crippen molar-refractivity contribution in [1.82, 2.24) is 24.8 Å². The van der Waals surface area contributed by atoms with Crippen molar-refractivity contribution in [2.24, 2.45) is 5.92 Å². The molecule has 1 aliphatic carbocycles. The molecule has 1 atom stereocenters. The molecule has 216 valence electrons. The number of rotatable bonds is 11. The number of anilines is 2. The molecule has 2 heterocycles. The standard InChI is InChI=1S/C32H35ClN8O/c1-22-35-15-16-41(22)30-19-29(39-32(40-30)37-21-25-9-6-10-26(33)17-25)38-28(18-23-7-4-3-5-8-23)31(42)36-20-24-11-13-27(34-2)14-12-24/h6,9-17,19,23,28H,3-5,7-8,18,20-21H2,1H3,(H,36,42)(H2,37,38,39,40). The number of amides is 1. The molecule has 2 aromatic heterocycles. The largest absolute Gasteiger partial charge is 0.358 e. The molecule has 9 nitrogen and oxygen atoms in total. The SMILES string of the molecule is [C-]#[N+]c1ccc(CNC(=O)C(CC2CCCCC2)Nc2cc(-n3ccnc3C)nc(NCc3cccc(Cl)c3)n2)cc1. The van der Waals surface area contributed by atoms with Gasteiger partial charge in [-0.1, -0.05) is 80.1 Å². The Morgan fingerprint density at radius 2 is 1.88 bits per heavy atom. The second-order valence-electron chi connectivity index (χ2n) is 10.7. The third-order valence-corrected chi connectivity index (χ3v) is 7.82. The van der Waals surface area contributed by atoms with Crippen LogP contribution in [0.2, 0.25) is 5.02 Å². The summed E-state index contributed by atoms with van der Waals surface area (Å²) in [5.41, 5.74) is 2.53. The van der Waals surface area contributed by atoms with Crippen molar-refractivity contribution < 1.29 is 4.79 Å². The first kappa shape index (κ1) is 29.1. The van der Waals surface area contributed by atoms with E-state index in [1.807, 2.05) is 60.2 Å². The number of imidazole rings is 1. The highest BCUT2D eigenvalue weighted by Crippen LogP contribution is 2.29. The Labute approximate surface area is 251 Å². The Hall–Kier alpha value is -4.42. The maximum absolute atomic E-state index is 13.6. The maximum Gasteiger partial charge on any atom is 0.242 e. The number of carbonyl (C=O) groups excluding carboxylic acids is 1. The highest BCUT2D eigenvalue weighted by atomic mass is 35.5. The minimum Gasteiger partial charge on any atom is -0.358 e. The molecule has 4 aromatic rings. The summed E-state index contributed by atoms with van der Waals surface area (Å²) in [6, 6.07) is 16.3. The molecule has 1 unspecified atom stereocenters. The highest BCUT2D eigenvalue weighted by molar-refractivity contribution is 6.30. The van der Waals surface area contributed by atoms with Gasteiger partial charge in [0.05, 0.1) is 6.57 Å². The molecule has 42 heavy (non-hydrogen) atoms. The van der Waals surface area contributed by atoms with Gasteiger partial charge in [0.15, 0.2) is 5.69 Å². The number of nitrogens with zero attached hydrogens (tertiary/aromatic N) is 5. The van der Waals surface area contributed by atoms with Gasteiger partial charge in [0.25, 0.3) is 0 Å². The monoisotopic (exact) mass is 582 g/mol. The third kappa shape index (κ3) is 7.86. The summed E-state index contributed by atoms with van der Waals surface area (Å²) in [6.07, 6.45) is 10.2. The first-order chi connectivity index (χ1) is 20.5. The van der Waals surface area contributed by atoms with Crippen LogP contribution in [0.1, 0.15) is 55.5 Å². The smallest absolute Gasteiger partial charge is 0.242 e. The lowest BCUT2D eigenvalue weighted by atomic mass is 9.84. The zero-order valence-corrected chi connectivity index (χ0v) is 24.4. The van der Waals surface area contributed by atoms with Crippen LogP contribution in [0.3, 0.4) is 0 Å². The normalized spacial score (nSPS) is 14.1. The molecule has 1 aliphatic rings.